The molecule has 0 atom stereocenters. The van der Waals surface area contributed by atoms with Gasteiger partial charge in [0, 0.05) is 13.1 Å². The molecule has 20 heavy (non-hydrogen) atoms. The molecule has 2 heterocycles. The molecule has 1 amide bonds. The van der Waals surface area contributed by atoms with Gasteiger partial charge in [-0.05, 0) is 17.5 Å². The third kappa shape index (κ3) is 2.05. The van der Waals surface area contributed by atoms with Crippen LogP contribution in [0.3, 0.4) is 0 Å². The highest BCUT2D eigenvalue weighted by molar-refractivity contribution is 6.02. The molecule has 1 aliphatic rings. The minimum Gasteiger partial charge on any atom is -0.477 e. The van der Waals surface area contributed by atoms with Gasteiger partial charge < -0.3 is 15.0 Å². The monoisotopic (exact) mass is 271 g/mol. The van der Waals surface area contributed by atoms with Crippen LogP contribution in [0.25, 0.3) is 0 Å². The summed E-state index contributed by atoms with van der Waals surface area (Å²) in [6.07, 6.45) is 2.00. The Labute approximate surface area is 115 Å². The zero-order valence-electron chi connectivity index (χ0n) is 10.7. The van der Waals surface area contributed by atoms with E-state index in [1.807, 2.05) is 24.3 Å². The van der Waals surface area contributed by atoms with Crippen molar-refractivity contribution in [3.05, 3.63) is 53.1 Å². The lowest BCUT2D eigenvalue weighted by Gasteiger charge is -2.28. The number of carboxylic acid groups (broad SMARTS) is 1. The molecule has 6 nitrogen and oxygen atoms in total. The van der Waals surface area contributed by atoms with Crippen LogP contribution in [0.1, 0.15) is 32.1 Å². The van der Waals surface area contributed by atoms with Gasteiger partial charge in [-0.1, -0.05) is 24.3 Å². The van der Waals surface area contributed by atoms with Crippen LogP contribution in [0, 0.1) is 0 Å². The summed E-state index contributed by atoms with van der Waals surface area (Å²) in [5, 5.41) is 9.02. The van der Waals surface area contributed by atoms with E-state index >= 15 is 0 Å². The number of nitrogens with one attached hydrogen (secondary N) is 1. The van der Waals surface area contributed by atoms with Gasteiger partial charge in [-0.3, -0.25) is 4.79 Å². The molecule has 2 N–H and O–H groups in total. The normalized spacial score (nSPS) is 13.9. The number of carboxylic acids is 1. The first-order valence-electron chi connectivity index (χ1n) is 6.29. The number of carbonyl (C=O) groups is 2. The topological polar surface area (TPSA) is 86.3 Å². The molecule has 0 saturated heterocycles. The Kier molecular flexibility index (Phi) is 2.98. The second kappa shape index (κ2) is 4.80. The smallest absolute Gasteiger partial charge is 0.354 e. The molecule has 102 valence electrons. The SMILES string of the molecule is O=C(O)c1[nH]cnc1C(=O)N1CCc2ccccc2C1. The molecule has 1 aromatic carbocycles. The number of rotatable bonds is 2. The summed E-state index contributed by atoms with van der Waals surface area (Å²) in [5.41, 5.74) is 2.14. The first-order valence-corrected chi connectivity index (χ1v) is 6.29. The van der Waals surface area contributed by atoms with Crippen LogP contribution in [0.2, 0.25) is 0 Å². The minimum atomic E-state index is -1.18. The van der Waals surface area contributed by atoms with Gasteiger partial charge in [0.15, 0.2) is 11.4 Å². The van der Waals surface area contributed by atoms with E-state index in [1.165, 1.54) is 11.9 Å². The molecule has 0 spiro atoms. The molecular formula is C14H13N3O3. The predicted octanol–water partition coefficient (Wildman–Crippen LogP) is 1.31. The zero-order chi connectivity index (χ0) is 14.1. The fourth-order valence-corrected chi connectivity index (χ4v) is 2.44. The maximum absolute atomic E-state index is 12.4. The second-order valence-electron chi connectivity index (χ2n) is 4.68. The standard InChI is InChI=1S/C14H13N3O3/c18-13(11-12(14(19)20)16-8-15-11)17-6-5-9-3-1-2-4-10(9)7-17/h1-4,8H,5-7H2,(H,15,16)(H,19,20). The molecule has 2 aromatic rings. The molecular weight excluding hydrogens is 258 g/mol. The number of aromatic carboxylic acids is 1. The second-order valence-corrected chi connectivity index (χ2v) is 4.68. The number of H-pyrrole nitrogens is 1. The van der Waals surface area contributed by atoms with Gasteiger partial charge in [-0.2, -0.15) is 0 Å². The van der Waals surface area contributed by atoms with E-state index in [9.17, 15) is 9.59 Å². The number of hydrogen-bond acceptors (Lipinski definition) is 3. The van der Waals surface area contributed by atoms with E-state index in [1.54, 1.807) is 4.90 Å². The zero-order valence-corrected chi connectivity index (χ0v) is 10.7. The van der Waals surface area contributed by atoms with Crippen molar-refractivity contribution in [1.82, 2.24) is 14.9 Å². The lowest BCUT2D eigenvalue weighted by Crippen LogP contribution is -2.36. The van der Waals surface area contributed by atoms with Crippen molar-refractivity contribution in [3.63, 3.8) is 0 Å². The van der Waals surface area contributed by atoms with Crippen molar-refractivity contribution in [2.45, 2.75) is 13.0 Å². The van der Waals surface area contributed by atoms with Crippen LogP contribution in [0.4, 0.5) is 0 Å². The molecule has 0 bridgehead atoms. The van der Waals surface area contributed by atoms with Gasteiger partial charge in [-0.15, -0.1) is 0 Å². The maximum atomic E-state index is 12.4. The molecule has 1 aliphatic heterocycles. The van der Waals surface area contributed by atoms with Gasteiger partial charge in [0.05, 0.1) is 6.33 Å². The summed E-state index contributed by atoms with van der Waals surface area (Å²) in [5.74, 6) is -1.53. The summed E-state index contributed by atoms with van der Waals surface area (Å²) in [6, 6.07) is 7.95. The summed E-state index contributed by atoms with van der Waals surface area (Å²) in [7, 11) is 0. The fraction of sp³-hybridized carbons (Fsp3) is 0.214. The van der Waals surface area contributed by atoms with E-state index < -0.39 is 5.97 Å². The Morgan fingerprint density at radius 3 is 2.75 bits per heavy atom. The Balaban J connectivity index is 1.86. The van der Waals surface area contributed by atoms with Gasteiger partial charge in [0.2, 0.25) is 0 Å². The van der Waals surface area contributed by atoms with Crippen molar-refractivity contribution in [2.75, 3.05) is 6.54 Å². The van der Waals surface area contributed by atoms with E-state index in [4.69, 9.17) is 5.11 Å². The van der Waals surface area contributed by atoms with Crippen LogP contribution >= 0.6 is 0 Å². The lowest BCUT2D eigenvalue weighted by molar-refractivity contribution is 0.0663. The molecule has 0 fully saturated rings. The quantitative estimate of drug-likeness (QED) is 0.862. The maximum Gasteiger partial charge on any atom is 0.354 e. The van der Waals surface area contributed by atoms with E-state index in [2.05, 4.69) is 9.97 Å². The molecule has 1 aromatic heterocycles. The summed E-state index contributed by atoms with van der Waals surface area (Å²) < 4.78 is 0. The van der Waals surface area contributed by atoms with Gasteiger partial charge in [0.25, 0.3) is 5.91 Å². The highest BCUT2D eigenvalue weighted by Gasteiger charge is 2.27. The van der Waals surface area contributed by atoms with Gasteiger partial charge >= 0.3 is 5.97 Å². The average molecular weight is 271 g/mol. The van der Waals surface area contributed by atoms with E-state index in [-0.39, 0.29) is 17.3 Å². The van der Waals surface area contributed by atoms with Crippen molar-refractivity contribution < 1.29 is 14.7 Å². The number of hydrogen-bond donors (Lipinski definition) is 2. The molecule has 3 rings (SSSR count). The van der Waals surface area contributed by atoms with Gasteiger partial charge in [0.1, 0.15) is 0 Å². The molecule has 0 saturated carbocycles. The lowest BCUT2D eigenvalue weighted by atomic mass is 9.99. The Hall–Kier alpha value is -2.63. The largest absolute Gasteiger partial charge is 0.477 e. The van der Waals surface area contributed by atoms with Crippen molar-refractivity contribution in [3.8, 4) is 0 Å². The third-order valence-electron chi connectivity index (χ3n) is 3.47. The van der Waals surface area contributed by atoms with Crippen LogP contribution in [0.5, 0.6) is 0 Å². The van der Waals surface area contributed by atoms with Gasteiger partial charge in [-0.25, -0.2) is 9.78 Å². The summed E-state index contributed by atoms with van der Waals surface area (Å²) >= 11 is 0. The minimum absolute atomic E-state index is 0.0307. The number of benzene rings is 1. The number of imidazole rings is 1. The highest BCUT2D eigenvalue weighted by atomic mass is 16.4. The van der Waals surface area contributed by atoms with Crippen molar-refractivity contribution in [1.29, 1.82) is 0 Å². The summed E-state index contributed by atoms with van der Waals surface area (Å²) in [6.45, 7) is 1.06. The molecule has 0 aliphatic carbocycles. The number of aromatic nitrogens is 2. The number of carbonyl (C=O) groups excluding carboxylic acids is 1. The first-order chi connectivity index (χ1) is 9.66. The van der Waals surface area contributed by atoms with E-state index in [0.717, 1.165) is 12.0 Å². The number of aromatic amines is 1. The van der Waals surface area contributed by atoms with Crippen molar-refractivity contribution >= 4 is 11.9 Å². The third-order valence-corrected chi connectivity index (χ3v) is 3.47. The Morgan fingerprint density at radius 1 is 1.25 bits per heavy atom. The van der Waals surface area contributed by atoms with Crippen LogP contribution in [0.15, 0.2) is 30.6 Å². The fourth-order valence-electron chi connectivity index (χ4n) is 2.44. The van der Waals surface area contributed by atoms with Crippen LogP contribution in [-0.4, -0.2) is 38.4 Å². The summed E-state index contributed by atoms with van der Waals surface area (Å²) in [4.78, 5) is 31.4. The Morgan fingerprint density at radius 2 is 2.00 bits per heavy atom. The molecule has 0 radical (unpaired) electrons. The number of amides is 1. The number of nitrogens with zero attached hydrogens (tertiary/aromatic N) is 2. The first kappa shape index (κ1) is 12.4. The molecule has 6 heteroatoms. The van der Waals surface area contributed by atoms with Crippen LogP contribution < -0.4 is 0 Å². The highest BCUT2D eigenvalue weighted by Crippen LogP contribution is 2.20. The van der Waals surface area contributed by atoms with E-state index in [0.29, 0.717) is 13.1 Å². The Bertz CT molecular complexity index is 678. The average Bonchev–Trinajstić information content (AvgIpc) is 2.95. The number of fused-ring (bicyclic) bond motifs is 1. The predicted molar refractivity (Wildman–Crippen MR) is 70.4 cm³/mol. The molecule has 0 unspecified atom stereocenters. The van der Waals surface area contributed by atoms with Crippen LogP contribution in [-0.2, 0) is 13.0 Å². The van der Waals surface area contributed by atoms with Crippen molar-refractivity contribution in [2.24, 2.45) is 0 Å².